The monoisotopic (exact) mass is 248 g/mol. The SMILES string of the molecule is Cc1ncc(CCl)n1C1CCCCC1.Cl. The minimum Gasteiger partial charge on any atom is -0.328 e. The van der Waals surface area contributed by atoms with Crippen LogP contribution in [0, 0.1) is 6.92 Å². The average Bonchev–Trinajstić information content (AvgIpc) is 2.61. The van der Waals surface area contributed by atoms with Crippen molar-refractivity contribution in [1.29, 1.82) is 0 Å². The largest absolute Gasteiger partial charge is 0.328 e. The molecular weight excluding hydrogens is 231 g/mol. The van der Waals surface area contributed by atoms with Gasteiger partial charge in [0, 0.05) is 12.2 Å². The molecule has 1 heterocycles. The molecule has 15 heavy (non-hydrogen) atoms. The van der Waals surface area contributed by atoms with E-state index in [1.807, 2.05) is 6.20 Å². The van der Waals surface area contributed by atoms with Crippen LogP contribution in [0.4, 0.5) is 0 Å². The van der Waals surface area contributed by atoms with Crippen molar-refractivity contribution in [3.63, 3.8) is 0 Å². The van der Waals surface area contributed by atoms with Gasteiger partial charge in [-0.3, -0.25) is 0 Å². The van der Waals surface area contributed by atoms with Crippen molar-refractivity contribution in [3.8, 4) is 0 Å². The van der Waals surface area contributed by atoms with Gasteiger partial charge in [0.05, 0.1) is 11.6 Å². The number of aryl methyl sites for hydroxylation is 1. The first-order chi connectivity index (χ1) is 6.83. The fourth-order valence-electron chi connectivity index (χ4n) is 2.44. The lowest BCUT2D eigenvalue weighted by Crippen LogP contribution is -2.16. The molecule has 1 aliphatic rings. The maximum absolute atomic E-state index is 5.90. The van der Waals surface area contributed by atoms with E-state index in [2.05, 4.69) is 16.5 Å². The molecule has 0 aromatic carbocycles. The second-order valence-electron chi connectivity index (χ2n) is 4.09. The number of rotatable bonds is 2. The minimum atomic E-state index is 0. The maximum atomic E-state index is 5.90. The molecule has 0 amide bonds. The lowest BCUT2D eigenvalue weighted by atomic mass is 9.95. The van der Waals surface area contributed by atoms with Crippen LogP contribution < -0.4 is 0 Å². The van der Waals surface area contributed by atoms with Crippen LogP contribution in [0.25, 0.3) is 0 Å². The Morgan fingerprint density at radius 3 is 2.67 bits per heavy atom. The van der Waals surface area contributed by atoms with Gasteiger partial charge in [-0.25, -0.2) is 4.98 Å². The predicted molar refractivity (Wildman–Crippen MR) is 65.9 cm³/mol. The summed E-state index contributed by atoms with van der Waals surface area (Å²) in [5.41, 5.74) is 1.18. The lowest BCUT2D eigenvalue weighted by molar-refractivity contribution is 0.344. The summed E-state index contributed by atoms with van der Waals surface area (Å²) < 4.78 is 2.34. The van der Waals surface area contributed by atoms with Gasteiger partial charge in [0.25, 0.3) is 0 Å². The molecule has 0 spiro atoms. The molecule has 1 fully saturated rings. The average molecular weight is 249 g/mol. The van der Waals surface area contributed by atoms with Crippen LogP contribution in [0.5, 0.6) is 0 Å². The van der Waals surface area contributed by atoms with Crippen LogP contribution in [0.15, 0.2) is 6.20 Å². The molecule has 0 saturated heterocycles. The van der Waals surface area contributed by atoms with E-state index in [0.717, 1.165) is 5.82 Å². The summed E-state index contributed by atoms with van der Waals surface area (Å²) in [6.07, 6.45) is 8.59. The number of imidazole rings is 1. The van der Waals surface area contributed by atoms with E-state index in [0.29, 0.717) is 11.9 Å². The first-order valence-corrected chi connectivity index (χ1v) is 5.95. The molecule has 4 heteroatoms. The van der Waals surface area contributed by atoms with Crippen molar-refractivity contribution in [2.75, 3.05) is 0 Å². The molecule has 2 nitrogen and oxygen atoms in total. The molecule has 1 aromatic rings. The normalized spacial score (nSPS) is 17.5. The fourth-order valence-corrected chi connectivity index (χ4v) is 2.63. The highest BCUT2D eigenvalue weighted by molar-refractivity contribution is 6.16. The van der Waals surface area contributed by atoms with Gasteiger partial charge >= 0.3 is 0 Å². The molecule has 0 N–H and O–H groups in total. The van der Waals surface area contributed by atoms with E-state index in [4.69, 9.17) is 11.6 Å². The summed E-state index contributed by atoms with van der Waals surface area (Å²) in [4.78, 5) is 4.34. The molecule has 86 valence electrons. The van der Waals surface area contributed by atoms with Gasteiger partial charge in [-0.15, -0.1) is 24.0 Å². The third-order valence-electron chi connectivity index (χ3n) is 3.14. The van der Waals surface area contributed by atoms with Crippen molar-refractivity contribution < 1.29 is 0 Å². The van der Waals surface area contributed by atoms with E-state index in [1.54, 1.807) is 0 Å². The zero-order chi connectivity index (χ0) is 9.97. The van der Waals surface area contributed by atoms with Gasteiger partial charge in [-0.2, -0.15) is 0 Å². The van der Waals surface area contributed by atoms with Crippen LogP contribution in [-0.4, -0.2) is 9.55 Å². The van der Waals surface area contributed by atoms with Crippen molar-refractivity contribution in [2.45, 2.75) is 50.9 Å². The molecule has 1 aliphatic carbocycles. The van der Waals surface area contributed by atoms with Gasteiger partial charge in [-0.1, -0.05) is 19.3 Å². The number of hydrogen-bond donors (Lipinski definition) is 0. The number of aromatic nitrogens is 2. The number of hydrogen-bond acceptors (Lipinski definition) is 1. The maximum Gasteiger partial charge on any atom is 0.106 e. The summed E-state index contributed by atoms with van der Waals surface area (Å²) in [5, 5.41) is 0. The highest BCUT2D eigenvalue weighted by Gasteiger charge is 2.19. The Morgan fingerprint density at radius 2 is 2.07 bits per heavy atom. The second-order valence-corrected chi connectivity index (χ2v) is 4.36. The van der Waals surface area contributed by atoms with E-state index in [-0.39, 0.29) is 12.4 Å². The Hall–Kier alpha value is -0.210. The number of alkyl halides is 1. The van der Waals surface area contributed by atoms with Crippen LogP contribution in [0.1, 0.15) is 49.7 Å². The second kappa shape index (κ2) is 5.76. The summed E-state index contributed by atoms with van der Waals surface area (Å²) in [6.45, 7) is 2.07. The highest BCUT2D eigenvalue weighted by Crippen LogP contribution is 2.30. The third kappa shape index (κ3) is 2.67. The van der Waals surface area contributed by atoms with Crippen LogP contribution in [0.3, 0.4) is 0 Å². The van der Waals surface area contributed by atoms with Crippen LogP contribution in [0.2, 0.25) is 0 Å². The summed E-state index contributed by atoms with van der Waals surface area (Å²) in [6, 6.07) is 0.653. The fraction of sp³-hybridized carbons (Fsp3) is 0.727. The number of nitrogens with zero attached hydrogens (tertiary/aromatic N) is 2. The summed E-state index contributed by atoms with van der Waals surface area (Å²) in [7, 11) is 0. The van der Waals surface area contributed by atoms with Crippen molar-refractivity contribution in [3.05, 3.63) is 17.7 Å². The Bertz CT molecular complexity index is 304. The topological polar surface area (TPSA) is 17.8 Å². The van der Waals surface area contributed by atoms with Crippen LogP contribution >= 0.6 is 24.0 Å². The van der Waals surface area contributed by atoms with Gasteiger partial charge in [-0.05, 0) is 19.8 Å². The van der Waals surface area contributed by atoms with Crippen molar-refractivity contribution in [2.24, 2.45) is 0 Å². The van der Waals surface area contributed by atoms with Gasteiger partial charge < -0.3 is 4.57 Å². The molecule has 2 rings (SSSR count). The first-order valence-electron chi connectivity index (χ1n) is 5.41. The van der Waals surface area contributed by atoms with Gasteiger partial charge in [0.1, 0.15) is 5.82 Å². The van der Waals surface area contributed by atoms with E-state index >= 15 is 0 Å². The Morgan fingerprint density at radius 1 is 1.40 bits per heavy atom. The molecular formula is C11H18Cl2N2. The quantitative estimate of drug-likeness (QED) is 0.728. The summed E-state index contributed by atoms with van der Waals surface area (Å²) in [5.74, 6) is 1.70. The highest BCUT2D eigenvalue weighted by atomic mass is 35.5. The zero-order valence-corrected chi connectivity index (χ0v) is 10.7. The zero-order valence-electron chi connectivity index (χ0n) is 9.08. The van der Waals surface area contributed by atoms with E-state index in [9.17, 15) is 0 Å². The molecule has 0 bridgehead atoms. The molecule has 0 unspecified atom stereocenters. The molecule has 0 radical (unpaired) electrons. The van der Waals surface area contributed by atoms with Crippen LogP contribution in [-0.2, 0) is 5.88 Å². The Labute approximate surface area is 102 Å². The smallest absolute Gasteiger partial charge is 0.106 e. The molecule has 0 aliphatic heterocycles. The Balaban J connectivity index is 0.00000112. The van der Waals surface area contributed by atoms with Gasteiger partial charge in [0.15, 0.2) is 0 Å². The standard InChI is InChI=1S/C11H17ClN2.ClH/c1-9-13-8-11(7-12)14(9)10-5-3-2-4-6-10;/h8,10H,2-7H2,1H3;1H. The predicted octanol–water partition coefficient (Wildman–Crippen LogP) is 3.86. The molecule has 1 aromatic heterocycles. The summed E-state index contributed by atoms with van der Waals surface area (Å²) >= 11 is 5.90. The van der Waals surface area contributed by atoms with Crippen molar-refractivity contribution in [1.82, 2.24) is 9.55 Å². The molecule has 0 atom stereocenters. The first kappa shape index (κ1) is 12.9. The van der Waals surface area contributed by atoms with E-state index in [1.165, 1.54) is 37.8 Å². The Kier molecular flexibility index (Phi) is 4.94. The minimum absolute atomic E-state index is 0. The third-order valence-corrected chi connectivity index (χ3v) is 3.41. The lowest BCUT2D eigenvalue weighted by Gasteiger charge is -2.25. The van der Waals surface area contributed by atoms with Crippen molar-refractivity contribution >= 4 is 24.0 Å². The van der Waals surface area contributed by atoms with Gasteiger partial charge in [0.2, 0.25) is 0 Å². The van der Waals surface area contributed by atoms with E-state index < -0.39 is 0 Å². The number of halogens is 2. The molecule has 1 saturated carbocycles.